The van der Waals surface area contributed by atoms with Gasteiger partial charge >= 0.3 is 0 Å². The van der Waals surface area contributed by atoms with Crippen LogP contribution < -0.4 is 16.4 Å². The van der Waals surface area contributed by atoms with E-state index in [0.717, 1.165) is 37.6 Å². The first-order valence-electron chi connectivity index (χ1n) is 12.1. The van der Waals surface area contributed by atoms with Crippen molar-refractivity contribution in [1.82, 2.24) is 14.7 Å². The van der Waals surface area contributed by atoms with E-state index in [0.29, 0.717) is 23.1 Å². The quantitative estimate of drug-likeness (QED) is 0.514. The molecule has 0 saturated heterocycles. The highest BCUT2D eigenvalue weighted by Crippen LogP contribution is 2.39. The van der Waals surface area contributed by atoms with Crippen LogP contribution in [0.2, 0.25) is 0 Å². The van der Waals surface area contributed by atoms with E-state index < -0.39 is 11.3 Å². The number of rotatable bonds is 9. The SMILES string of the molecule is NC(=O)c1cn(C2CCC(N(CC3CC3)C3CCC3)CC2)nc1Nc1ccc(N(F)F)cc1. The monoisotopic (exact) mass is 458 g/mol. The van der Waals surface area contributed by atoms with Crippen LogP contribution in [0.5, 0.6) is 0 Å². The normalized spacial score (nSPS) is 23.4. The predicted molar refractivity (Wildman–Crippen MR) is 124 cm³/mol. The topological polar surface area (TPSA) is 79.4 Å². The summed E-state index contributed by atoms with van der Waals surface area (Å²) in [5.41, 5.74) is 6.26. The summed E-state index contributed by atoms with van der Waals surface area (Å²) < 4.78 is 27.2. The van der Waals surface area contributed by atoms with Crippen LogP contribution in [0.15, 0.2) is 30.5 Å². The third-order valence-electron chi connectivity index (χ3n) is 7.54. The van der Waals surface area contributed by atoms with Crippen LogP contribution >= 0.6 is 0 Å². The molecule has 9 heteroatoms. The Bertz CT molecular complexity index is 962. The first-order valence-corrected chi connectivity index (χ1v) is 12.1. The summed E-state index contributed by atoms with van der Waals surface area (Å²) in [6.45, 7) is 1.27. The highest BCUT2D eigenvalue weighted by molar-refractivity contribution is 5.98. The van der Waals surface area contributed by atoms with Crippen LogP contribution in [0, 0.1) is 5.92 Å². The van der Waals surface area contributed by atoms with Gasteiger partial charge in [0.25, 0.3) is 5.91 Å². The van der Waals surface area contributed by atoms with Gasteiger partial charge in [-0.2, -0.15) is 5.10 Å². The number of carbonyl (C=O) groups excluding carboxylic acids is 1. The standard InChI is InChI=1S/C24H32F2N6O/c25-32(26)21-8-6-17(7-9-21)28-24-22(23(27)33)15-31(29-24)20-12-10-19(11-13-20)30(14-16-4-5-16)18-2-1-3-18/h6-9,15-16,18-20H,1-5,10-14H2,(H2,27,33)(H,28,29). The van der Waals surface area contributed by atoms with Crippen molar-refractivity contribution in [1.29, 1.82) is 0 Å². The zero-order valence-electron chi connectivity index (χ0n) is 18.8. The number of amides is 1. The van der Waals surface area contributed by atoms with Crippen molar-refractivity contribution >= 4 is 23.1 Å². The number of nitrogens with two attached hydrogens (primary N) is 1. The molecule has 3 aliphatic rings. The van der Waals surface area contributed by atoms with Crippen molar-refractivity contribution in [3.63, 3.8) is 0 Å². The maximum atomic E-state index is 12.6. The van der Waals surface area contributed by atoms with Crippen molar-refractivity contribution < 1.29 is 13.8 Å². The molecule has 0 spiro atoms. The van der Waals surface area contributed by atoms with Crippen molar-refractivity contribution in [2.24, 2.45) is 11.7 Å². The molecule has 2 aromatic rings. The number of halogens is 2. The number of primary amides is 1. The van der Waals surface area contributed by atoms with E-state index in [1.54, 1.807) is 6.20 Å². The molecule has 1 aromatic heterocycles. The average Bonchev–Trinajstić information content (AvgIpc) is 3.49. The van der Waals surface area contributed by atoms with Crippen LogP contribution in [-0.2, 0) is 0 Å². The summed E-state index contributed by atoms with van der Waals surface area (Å²) in [4.78, 5) is 14.8. The number of anilines is 3. The molecule has 0 unspecified atom stereocenters. The van der Waals surface area contributed by atoms with E-state index in [1.165, 1.54) is 62.9 Å². The van der Waals surface area contributed by atoms with E-state index in [-0.39, 0.29) is 11.7 Å². The molecule has 0 radical (unpaired) electrons. The van der Waals surface area contributed by atoms with Crippen molar-refractivity contribution in [3.05, 3.63) is 36.0 Å². The number of aromatic nitrogens is 2. The fourth-order valence-corrected chi connectivity index (χ4v) is 5.21. The number of benzene rings is 1. The number of nitrogens with one attached hydrogen (secondary N) is 1. The molecule has 0 bridgehead atoms. The molecule has 3 N–H and O–H groups in total. The van der Waals surface area contributed by atoms with E-state index in [4.69, 9.17) is 5.73 Å². The maximum Gasteiger partial charge on any atom is 0.254 e. The Hall–Kier alpha value is -2.68. The summed E-state index contributed by atoms with van der Waals surface area (Å²) in [6.07, 6.45) is 12.9. The van der Waals surface area contributed by atoms with Crippen LogP contribution in [0.4, 0.5) is 26.2 Å². The smallest absolute Gasteiger partial charge is 0.254 e. The third-order valence-corrected chi connectivity index (χ3v) is 7.54. The molecule has 3 fully saturated rings. The van der Waals surface area contributed by atoms with Crippen molar-refractivity contribution in [3.8, 4) is 0 Å². The molecule has 0 aliphatic heterocycles. The minimum absolute atomic E-state index is 0.212. The third kappa shape index (κ3) is 4.98. The summed E-state index contributed by atoms with van der Waals surface area (Å²) in [5, 5.41) is 6.75. The van der Waals surface area contributed by atoms with Gasteiger partial charge in [-0.15, -0.1) is 0 Å². The van der Waals surface area contributed by atoms with Crippen LogP contribution in [-0.4, -0.2) is 39.2 Å². The van der Waals surface area contributed by atoms with Crippen molar-refractivity contribution in [2.75, 3.05) is 17.2 Å². The van der Waals surface area contributed by atoms with Crippen molar-refractivity contribution in [2.45, 2.75) is 75.9 Å². The summed E-state index contributed by atoms with van der Waals surface area (Å²) in [5.74, 6) is 0.709. The zero-order valence-corrected chi connectivity index (χ0v) is 18.8. The Morgan fingerprint density at radius 1 is 1.03 bits per heavy atom. The number of carbonyl (C=O) groups is 1. The lowest BCUT2D eigenvalue weighted by atomic mass is 9.85. The Labute approximate surface area is 192 Å². The molecular formula is C24H32F2N6O. The minimum Gasteiger partial charge on any atom is -0.365 e. The predicted octanol–water partition coefficient (Wildman–Crippen LogP) is 5.05. The molecule has 7 nitrogen and oxygen atoms in total. The zero-order chi connectivity index (χ0) is 22.9. The summed E-state index contributed by atoms with van der Waals surface area (Å²) in [6, 6.07) is 7.28. The summed E-state index contributed by atoms with van der Waals surface area (Å²) in [7, 11) is 0. The molecule has 0 atom stereocenters. The second-order valence-corrected chi connectivity index (χ2v) is 9.83. The lowest BCUT2D eigenvalue weighted by Crippen LogP contribution is -2.49. The van der Waals surface area contributed by atoms with Crippen LogP contribution in [0.1, 0.15) is 74.2 Å². The Kier molecular flexibility index (Phi) is 6.23. The van der Waals surface area contributed by atoms with Gasteiger partial charge in [0.15, 0.2) is 5.82 Å². The van der Waals surface area contributed by atoms with Gasteiger partial charge in [-0.05, 0) is 86.9 Å². The van der Waals surface area contributed by atoms with Gasteiger partial charge < -0.3 is 11.1 Å². The van der Waals surface area contributed by atoms with E-state index in [1.807, 2.05) is 4.68 Å². The second-order valence-electron chi connectivity index (χ2n) is 9.83. The van der Waals surface area contributed by atoms with Gasteiger partial charge in [0, 0.05) is 30.5 Å². The average molecular weight is 459 g/mol. The molecule has 1 amide bonds. The van der Waals surface area contributed by atoms with E-state index in [9.17, 15) is 13.8 Å². The second kappa shape index (κ2) is 9.29. The number of hydrogen-bond donors (Lipinski definition) is 2. The van der Waals surface area contributed by atoms with Gasteiger partial charge in [-0.25, -0.2) is 0 Å². The van der Waals surface area contributed by atoms with Gasteiger partial charge in [0.05, 0.1) is 6.04 Å². The lowest BCUT2D eigenvalue weighted by molar-refractivity contribution is 0.0469. The van der Waals surface area contributed by atoms with Crippen LogP contribution in [0.3, 0.4) is 0 Å². The highest BCUT2D eigenvalue weighted by Gasteiger charge is 2.37. The van der Waals surface area contributed by atoms with Gasteiger partial charge in [0.2, 0.25) is 0 Å². The molecular weight excluding hydrogens is 426 g/mol. The largest absolute Gasteiger partial charge is 0.365 e. The molecule has 3 aliphatic carbocycles. The Balaban J connectivity index is 1.25. The Morgan fingerprint density at radius 3 is 2.24 bits per heavy atom. The first-order chi connectivity index (χ1) is 16.0. The molecule has 178 valence electrons. The maximum absolute atomic E-state index is 12.6. The molecule has 1 aromatic carbocycles. The number of nitrogens with zero attached hydrogens (tertiary/aromatic N) is 4. The van der Waals surface area contributed by atoms with E-state index >= 15 is 0 Å². The minimum atomic E-state index is -0.944. The lowest BCUT2D eigenvalue weighted by Gasteiger charge is -2.45. The first kappa shape index (κ1) is 22.1. The fourth-order valence-electron chi connectivity index (χ4n) is 5.21. The molecule has 33 heavy (non-hydrogen) atoms. The fraction of sp³-hybridized carbons (Fsp3) is 0.583. The number of hydrogen-bond acceptors (Lipinski definition) is 5. The van der Waals surface area contributed by atoms with Gasteiger partial charge in [0.1, 0.15) is 11.3 Å². The Morgan fingerprint density at radius 2 is 1.70 bits per heavy atom. The highest BCUT2D eigenvalue weighted by atomic mass is 19.4. The van der Waals surface area contributed by atoms with E-state index in [2.05, 4.69) is 15.3 Å². The molecule has 3 saturated carbocycles. The summed E-state index contributed by atoms with van der Waals surface area (Å²) >= 11 is 0. The van der Waals surface area contributed by atoms with Gasteiger partial charge in [-0.3, -0.25) is 14.4 Å². The van der Waals surface area contributed by atoms with Crippen LogP contribution in [0.25, 0.3) is 0 Å². The molecule has 5 rings (SSSR count). The van der Waals surface area contributed by atoms with Gasteiger partial charge in [-0.1, -0.05) is 15.4 Å². The molecule has 1 heterocycles.